The summed E-state index contributed by atoms with van der Waals surface area (Å²) in [4.78, 5) is 15.3. The molecule has 2 rings (SSSR count). The zero-order valence-corrected chi connectivity index (χ0v) is 7.84. The summed E-state index contributed by atoms with van der Waals surface area (Å²) >= 11 is 1.39. The first kappa shape index (κ1) is 8.62. The molecule has 1 aliphatic heterocycles. The number of piperidine rings is 1. The molecule has 1 aromatic rings. The highest BCUT2D eigenvalue weighted by molar-refractivity contribution is 8.00. The molecular formula is C8H10N2O2S. The van der Waals surface area contributed by atoms with Gasteiger partial charge in [-0.05, 0) is 12.8 Å². The number of amides is 1. The van der Waals surface area contributed by atoms with Crippen LogP contribution < -0.4 is 5.32 Å². The van der Waals surface area contributed by atoms with E-state index in [1.165, 1.54) is 18.0 Å². The number of hydrogen-bond acceptors (Lipinski definition) is 4. The lowest BCUT2D eigenvalue weighted by Crippen LogP contribution is -2.38. The number of aromatic nitrogens is 1. The third-order valence-electron chi connectivity index (χ3n) is 1.89. The molecule has 1 aromatic heterocycles. The van der Waals surface area contributed by atoms with Crippen LogP contribution in [0.3, 0.4) is 0 Å². The van der Waals surface area contributed by atoms with E-state index in [1.54, 1.807) is 6.20 Å². The molecule has 70 valence electrons. The minimum absolute atomic E-state index is 0.0348. The van der Waals surface area contributed by atoms with Crippen molar-refractivity contribution in [3.8, 4) is 0 Å². The highest BCUT2D eigenvalue weighted by Gasteiger charge is 2.24. The molecule has 2 heterocycles. The van der Waals surface area contributed by atoms with Crippen LogP contribution in [0.1, 0.15) is 12.8 Å². The monoisotopic (exact) mass is 198 g/mol. The van der Waals surface area contributed by atoms with Gasteiger partial charge in [0.15, 0.2) is 0 Å². The Morgan fingerprint density at radius 2 is 2.62 bits per heavy atom. The molecule has 0 saturated carbocycles. The summed E-state index contributed by atoms with van der Waals surface area (Å²) in [6, 6.07) is 0. The van der Waals surface area contributed by atoms with E-state index in [0.29, 0.717) is 5.22 Å². The summed E-state index contributed by atoms with van der Waals surface area (Å²) in [6.45, 7) is 0.793. The van der Waals surface area contributed by atoms with Crippen LogP contribution in [0.2, 0.25) is 0 Å². The van der Waals surface area contributed by atoms with E-state index < -0.39 is 0 Å². The van der Waals surface area contributed by atoms with E-state index in [-0.39, 0.29) is 11.2 Å². The van der Waals surface area contributed by atoms with Crippen LogP contribution >= 0.6 is 11.8 Å². The van der Waals surface area contributed by atoms with Gasteiger partial charge in [-0.3, -0.25) is 4.79 Å². The van der Waals surface area contributed by atoms with Gasteiger partial charge in [0.2, 0.25) is 5.91 Å². The van der Waals surface area contributed by atoms with Crippen molar-refractivity contribution in [1.82, 2.24) is 10.3 Å². The molecule has 0 radical (unpaired) electrons. The molecule has 0 aliphatic carbocycles. The van der Waals surface area contributed by atoms with E-state index in [0.717, 1.165) is 19.4 Å². The molecule has 1 N–H and O–H groups in total. The van der Waals surface area contributed by atoms with Gasteiger partial charge in [-0.1, -0.05) is 11.8 Å². The predicted molar refractivity (Wildman–Crippen MR) is 48.4 cm³/mol. The smallest absolute Gasteiger partial charge is 0.256 e. The standard InChI is InChI=1S/C8H10N2O2S/c11-7-6(2-1-3-9-7)13-8-10-4-5-12-8/h4-6H,1-3H2,(H,9,11). The van der Waals surface area contributed by atoms with Gasteiger partial charge in [0.1, 0.15) is 6.26 Å². The lowest BCUT2D eigenvalue weighted by molar-refractivity contribution is -0.121. The SMILES string of the molecule is O=C1NCCCC1Sc1ncco1. The lowest BCUT2D eigenvalue weighted by atomic mass is 10.1. The molecule has 13 heavy (non-hydrogen) atoms. The molecule has 0 bridgehead atoms. The number of carbonyl (C=O) groups is 1. The van der Waals surface area contributed by atoms with Crippen LogP contribution in [-0.4, -0.2) is 22.7 Å². The second-order valence-electron chi connectivity index (χ2n) is 2.84. The van der Waals surface area contributed by atoms with Crippen molar-refractivity contribution in [2.24, 2.45) is 0 Å². The van der Waals surface area contributed by atoms with Gasteiger partial charge in [0.05, 0.1) is 11.4 Å². The normalized spacial score (nSPS) is 22.8. The average molecular weight is 198 g/mol. The van der Waals surface area contributed by atoms with E-state index in [9.17, 15) is 4.79 Å². The highest BCUT2D eigenvalue weighted by atomic mass is 32.2. The Labute approximate surface area is 80.1 Å². The predicted octanol–water partition coefficient (Wildman–Crippen LogP) is 1.05. The fraction of sp³-hybridized carbons (Fsp3) is 0.500. The van der Waals surface area contributed by atoms with E-state index in [4.69, 9.17) is 4.42 Å². The summed E-state index contributed by atoms with van der Waals surface area (Å²) in [7, 11) is 0. The van der Waals surface area contributed by atoms with Crippen LogP contribution in [0.25, 0.3) is 0 Å². The van der Waals surface area contributed by atoms with Gasteiger partial charge in [-0.15, -0.1) is 0 Å². The van der Waals surface area contributed by atoms with Crippen molar-refractivity contribution < 1.29 is 9.21 Å². The van der Waals surface area contributed by atoms with Gasteiger partial charge in [-0.2, -0.15) is 0 Å². The number of carbonyl (C=O) groups excluding carboxylic acids is 1. The van der Waals surface area contributed by atoms with Crippen molar-refractivity contribution in [3.05, 3.63) is 12.5 Å². The zero-order valence-electron chi connectivity index (χ0n) is 7.03. The molecule has 1 fully saturated rings. The first-order valence-electron chi connectivity index (χ1n) is 4.20. The van der Waals surface area contributed by atoms with Gasteiger partial charge in [0, 0.05) is 6.54 Å². The fourth-order valence-corrected chi connectivity index (χ4v) is 2.20. The maximum atomic E-state index is 11.3. The number of hydrogen-bond donors (Lipinski definition) is 1. The second kappa shape index (κ2) is 3.83. The molecule has 5 heteroatoms. The molecular weight excluding hydrogens is 188 g/mol. The van der Waals surface area contributed by atoms with Crippen LogP contribution in [0.15, 0.2) is 22.1 Å². The number of rotatable bonds is 2. The Morgan fingerprint density at radius 1 is 1.69 bits per heavy atom. The lowest BCUT2D eigenvalue weighted by Gasteiger charge is -2.19. The number of nitrogens with zero attached hydrogens (tertiary/aromatic N) is 1. The van der Waals surface area contributed by atoms with Gasteiger partial charge in [0.25, 0.3) is 5.22 Å². The van der Waals surface area contributed by atoms with Gasteiger partial charge in [-0.25, -0.2) is 4.98 Å². The first-order chi connectivity index (χ1) is 6.36. The summed E-state index contributed by atoms with van der Waals surface area (Å²) in [5.74, 6) is 0.0921. The van der Waals surface area contributed by atoms with Crippen molar-refractivity contribution >= 4 is 17.7 Å². The summed E-state index contributed by atoms with van der Waals surface area (Å²) < 4.78 is 5.06. The number of nitrogens with one attached hydrogen (secondary N) is 1. The molecule has 4 nitrogen and oxygen atoms in total. The van der Waals surface area contributed by atoms with E-state index in [1.807, 2.05) is 0 Å². The van der Waals surface area contributed by atoms with Crippen LogP contribution in [0, 0.1) is 0 Å². The van der Waals surface area contributed by atoms with E-state index in [2.05, 4.69) is 10.3 Å². The Bertz CT molecular complexity index is 286. The quantitative estimate of drug-likeness (QED) is 0.771. The molecule has 1 aliphatic rings. The second-order valence-corrected chi connectivity index (χ2v) is 3.99. The van der Waals surface area contributed by atoms with Crippen molar-refractivity contribution in [2.75, 3.05) is 6.54 Å². The van der Waals surface area contributed by atoms with Crippen molar-refractivity contribution in [2.45, 2.75) is 23.3 Å². The average Bonchev–Trinajstić information content (AvgIpc) is 2.61. The van der Waals surface area contributed by atoms with Crippen molar-refractivity contribution in [1.29, 1.82) is 0 Å². The Morgan fingerprint density at radius 3 is 3.31 bits per heavy atom. The Kier molecular flexibility index (Phi) is 2.54. The molecule has 1 atom stereocenters. The Balaban J connectivity index is 1.97. The van der Waals surface area contributed by atoms with Gasteiger partial charge < -0.3 is 9.73 Å². The number of thioether (sulfide) groups is 1. The molecule has 0 aromatic carbocycles. The first-order valence-corrected chi connectivity index (χ1v) is 5.08. The topological polar surface area (TPSA) is 55.1 Å². The van der Waals surface area contributed by atoms with Crippen molar-refractivity contribution in [3.63, 3.8) is 0 Å². The van der Waals surface area contributed by atoms with Crippen LogP contribution in [0.4, 0.5) is 0 Å². The van der Waals surface area contributed by atoms with Crippen LogP contribution in [-0.2, 0) is 4.79 Å². The Hall–Kier alpha value is -0.970. The third kappa shape index (κ3) is 2.03. The number of oxazole rings is 1. The molecule has 0 spiro atoms. The largest absolute Gasteiger partial charge is 0.440 e. The summed E-state index contributed by atoms with van der Waals surface area (Å²) in [6.07, 6.45) is 5.04. The molecule has 1 amide bonds. The molecule has 1 saturated heterocycles. The summed E-state index contributed by atoms with van der Waals surface area (Å²) in [5.41, 5.74) is 0. The van der Waals surface area contributed by atoms with Gasteiger partial charge >= 0.3 is 0 Å². The summed E-state index contributed by atoms with van der Waals surface area (Å²) in [5, 5.41) is 3.35. The van der Waals surface area contributed by atoms with E-state index >= 15 is 0 Å². The highest BCUT2D eigenvalue weighted by Crippen LogP contribution is 2.26. The minimum Gasteiger partial charge on any atom is -0.440 e. The molecule has 1 unspecified atom stereocenters. The third-order valence-corrected chi connectivity index (χ3v) is 3.03. The fourth-order valence-electron chi connectivity index (χ4n) is 1.25. The zero-order chi connectivity index (χ0) is 9.10. The minimum atomic E-state index is -0.0348. The maximum absolute atomic E-state index is 11.3. The van der Waals surface area contributed by atoms with Crippen LogP contribution in [0.5, 0.6) is 0 Å². The maximum Gasteiger partial charge on any atom is 0.256 e.